The molecule has 1 saturated carbocycles. The van der Waals surface area contributed by atoms with Crippen molar-refractivity contribution in [1.82, 2.24) is 15.2 Å². The minimum atomic E-state index is -0.0241. The van der Waals surface area contributed by atoms with Crippen molar-refractivity contribution >= 4 is 5.91 Å². The van der Waals surface area contributed by atoms with Crippen LogP contribution in [0.25, 0.3) is 11.1 Å². The van der Waals surface area contributed by atoms with Crippen LogP contribution in [0.15, 0.2) is 42.6 Å². The summed E-state index contributed by atoms with van der Waals surface area (Å²) in [5.74, 6) is -0.0241. The molecule has 0 radical (unpaired) electrons. The van der Waals surface area contributed by atoms with Gasteiger partial charge in [-0.05, 0) is 37.0 Å². The average Bonchev–Trinajstić information content (AvgIpc) is 3.23. The summed E-state index contributed by atoms with van der Waals surface area (Å²) in [6.45, 7) is 6.09. The van der Waals surface area contributed by atoms with Gasteiger partial charge in [0.25, 0.3) is 5.91 Å². The molecule has 5 nitrogen and oxygen atoms in total. The number of morpholine rings is 1. The Bertz CT molecular complexity index is 810. The molecule has 1 aromatic heterocycles. The second kappa shape index (κ2) is 8.41. The molecule has 148 valence electrons. The normalized spacial score (nSPS) is 19.5. The first-order chi connectivity index (χ1) is 13.7. The largest absolute Gasteiger partial charge is 0.379 e. The zero-order valence-electron chi connectivity index (χ0n) is 16.6. The first-order valence-corrected chi connectivity index (χ1v) is 10.3. The number of ether oxygens (including phenoxy) is 1. The topological polar surface area (TPSA) is 54.5 Å². The number of hydrogen-bond acceptors (Lipinski definition) is 4. The molecule has 2 heterocycles. The van der Waals surface area contributed by atoms with E-state index in [-0.39, 0.29) is 11.4 Å². The van der Waals surface area contributed by atoms with Crippen LogP contribution in [0.4, 0.5) is 0 Å². The van der Waals surface area contributed by atoms with E-state index in [4.69, 9.17) is 4.74 Å². The first-order valence-electron chi connectivity index (χ1n) is 10.3. The lowest BCUT2D eigenvalue weighted by molar-refractivity contribution is -0.0199. The van der Waals surface area contributed by atoms with Crippen LogP contribution in [0.1, 0.15) is 41.7 Å². The van der Waals surface area contributed by atoms with E-state index >= 15 is 0 Å². The molecular weight excluding hydrogens is 350 g/mol. The fourth-order valence-corrected chi connectivity index (χ4v) is 4.72. The van der Waals surface area contributed by atoms with Crippen molar-refractivity contribution in [2.45, 2.75) is 38.1 Å². The fourth-order valence-electron chi connectivity index (χ4n) is 4.72. The van der Waals surface area contributed by atoms with E-state index in [1.807, 2.05) is 43.3 Å². The molecular formula is C23H29N3O2. The minimum absolute atomic E-state index is 0.0241. The molecule has 28 heavy (non-hydrogen) atoms. The predicted molar refractivity (Wildman–Crippen MR) is 110 cm³/mol. The van der Waals surface area contributed by atoms with Crippen LogP contribution in [0.5, 0.6) is 0 Å². The van der Waals surface area contributed by atoms with Gasteiger partial charge in [-0.2, -0.15) is 0 Å². The van der Waals surface area contributed by atoms with Gasteiger partial charge in [-0.1, -0.05) is 43.2 Å². The van der Waals surface area contributed by atoms with Crippen molar-refractivity contribution < 1.29 is 9.53 Å². The van der Waals surface area contributed by atoms with Crippen LogP contribution in [0.2, 0.25) is 0 Å². The number of hydrogen-bond donors (Lipinski definition) is 1. The molecule has 1 N–H and O–H groups in total. The Hall–Kier alpha value is -2.24. The van der Waals surface area contributed by atoms with E-state index in [1.165, 1.54) is 12.8 Å². The molecule has 1 aliphatic heterocycles. The third-order valence-electron chi connectivity index (χ3n) is 6.25. The van der Waals surface area contributed by atoms with Gasteiger partial charge in [0.15, 0.2) is 0 Å². The summed E-state index contributed by atoms with van der Waals surface area (Å²) in [4.78, 5) is 20.2. The number of nitrogens with zero attached hydrogens (tertiary/aromatic N) is 2. The van der Waals surface area contributed by atoms with Crippen LogP contribution in [0, 0.1) is 6.92 Å². The summed E-state index contributed by atoms with van der Waals surface area (Å²) in [7, 11) is 0. The summed E-state index contributed by atoms with van der Waals surface area (Å²) in [5, 5.41) is 3.27. The average molecular weight is 380 g/mol. The molecule has 0 spiro atoms. The van der Waals surface area contributed by atoms with Crippen molar-refractivity contribution in [3.05, 3.63) is 53.9 Å². The molecule has 0 unspecified atom stereocenters. The Morgan fingerprint density at radius 3 is 2.57 bits per heavy atom. The summed E-state index contributed by atoms with van der Waals surface area (Å²) in [6.07, 6.45) is 6.53. The Morgan fingerprint density at radius 2 is 1.86 bits per heavy atom. The molecule has 1 saturated heterocycles. The third-order valence-corrected chi connectivity index (χ3v) is 6.25. The lowest BCUT2D eigenvalue weighted by Crippen LogP contribution is -2.57. The molecule has 2 aliphatic rings. The van der Waals surface area contributed by atoms with Gasteiger partial charge in [0, 0.05) is 31.4 Å². The van der Waals surface area contributed by atoms with E-state index in [0.717, 1.165) is 56.0 Å². The summed E-state index contributed by atoms with van der Waals surface area (Å²) in [5.41, 5.74) is 3.51. The number of benzene rings is 1. The monoisotopic (exact) mass is 379 g/mol. The predicted octanol–water partition coefficient (Wildman–Crippen LogP) is 3.43. The Labute approximate surface area is 167 Å². The Balaban J connectivity index is 1.55. The molecule has 2 aromatic rings. The second-order valence-electron chi connectivity index (χ2n) is 7.90. The van der Waals surface area contributed by atoms with Crippen LogP contribution >= 0.6 is 0 Å². The van der Waals surface area contributed by atoms with Crippen LogP contribution in [-0.2, 0) is 4.74 Å². The van der Waals surface area contributed by atoms with Gasteiger partial charge in [-0.3, -0.25) is 14.7 Å². The number of amides is 1. The van der Waals surface area contributed by atoms with Gasteiger partial charge in [0.1, 0.15) is 0 Å². The molecule has 5 heteroatoms. The number of carbonyl (C=O) groups is 1. The van der Waals surface area contributed by atoms with E-state index in [2.05, 4.69) is 15.2 Å². The number of pyridine rings is 1. The number of aromatic nitrogens is 1. The first kappa shape index (κ1) is 19.1. The highest BCUT2D eigenvalue weighted by atomic mass is 16.5. The van der Waals surface area contributed by atoms with Gasteiger partial charge < -0.3 is 10.1 Å². The van der Waals surface area contributed by atoms with Crippen molar-refractivity contribution in [2.24, 2.45) is 0 Å². The molecule has 0 atom stereocenters. The van der Waals surface area contributed by atoms with E-state index < -0.39 is 0 Å². The lowest BCUT2D eigenvalue weighted by Gasteiger charge is -2.43. The fraction of sp³-hybridized carbons (Fsp3) is 0.478. The van der Waals surface area contributed by atoms with Gasteiger partial charge in [-0.15, -0.1) is 0 Å². The Morgan fingerprint density at radius 1 is 1.14 bits per heavy atom. The van der Waals surface area contributed by atoms with Gasteiger partial charge in [0.05, 0.1) is 24.5 Å². The van der Waals surface area contributed by atoms with Gasteiger partial charge in [0.2, 0.25) is 0 Å². The Kier molecular flexibility index (Phi) is 5.74. The number of carbonyl (C=O) groups excluding carboxylic acids is 1. The minimum Gasteiger partial charge on any atom is -0.379 e. The number of aryl methyl sites for hydroxylation is 1. The van der Waals surface area contributed by atoms with Crippen molar-refractivity contribution in [1.29, 1.82) is 0 Å². The van der Waals surface area contributed by atoms with E-state index in [0.29, 0.717) is 12.1 Å². The van der Waals surface area contributed by atoms with Crippen molar-refractivity contribution in [3.8, 4) is 11.1 Å². The number of nitrogens with one attached hydrogen (secondary N) is 1. The zero-order chi connectivity index (χ0) is 19.4. The summed E-state index contributed by atoms with van der Waals surface area (Å²) < 4.78 is 5.54. The lowest BCUT2D eigenvalue weighted by atomic mass is 9.93. The third kappa shape index (κ3) is 3.82. The maximum Gasteiger partial charge on any atom is 0.253 e. The van der Waals surface area contributed by atoms with Crippen LogP contribution in [-0.4, -0.2) is 54.2 Å². The zero-order valence-corrected chi connectivity index (χ0v) is 16.6. The molecule has 1 aliphatic carbocycles. The summed E-state index contributed by atoms with van der Waals surface area (Å²) >= 11 is 0. The molecule has 4 rings (SSSR count). The van der Waals surface area contributed by atoms with Crippen LogP contribution in [0.3, 0.4) is 0 Å². The highest BCUT2D eigenvalue weighted by molar-refractivity contribution is 6.01. The maximum absolute atomic E-state index is 13.2. The van der Waals surface area contributed by atoms with Gasteiger partial charge in [-0.25, -0.2) is 0 Å². The second-order valence-corrected chi connectivity index (χ2v) is 7.90. The summed E-state index contributed by atoms with van der Waals surface area (Å²) in [6, 6.07) is 12.0. The quantitative estimate of drug-likeness (QED) is 0.865. The maximum atomic E-state index is 13.2. The molecule has 1 amide bonds. The molecule has 0 bridgehead atoms. The van der Waals surface area contributed by atoms with Crippen molar-refractivity contribution in [2.75, 3.05) is 32.8 Å². The highest BCUT2D eigenvalue weighted by Gasteiger charge is 2.40. The van der Waals surface area contributed by atoms with Crippen LogP contribution < -0.4 is 5.32 Å². The molecule has 2 fully saturated rings. The SMILES string of the molecule is Cc1nccc(-c2ccccc2)c1C(=O)NCC1(N2CCOCC2)CCCC1. The van der Waals surface area contributed by atoms with Gasteiger partial charge >= 0.3 is 0 Å². The number of rotatable bonds is 5. The van der Waals surface area contributed by atoms with Crippen molar-refractivity contribution in [3.63, 3.8) is 0 Å². The standard InChI is InChI=1S/C23H29N3O2/c1-18-21(20(9-12-24-18)19-7-3-2-4-8-19)22(27)25-17-23(10-5-6-11-23)26-13-15-28-16-14-26/h2-4,7-9,12H,5-6,10-11,13-17H2,1H3,(H,25,27). The molecule has 1 aromatic carbocycles. The van der Waals surface area contributed by atoms with E-state index in [1.54, 1.807) is 6.20 Å². The smallest absolute Gasteiger partial charge is 0.253 e. The highest BCUT2D eigenvalue weighted by Crippen LogP contribution is 2.35. The van der Waals surface area contributed by atoms with E-state index in [9.17, 15) is 4.79 Å².